The predicted octanol–water partition coefficient (Wildman–Crippen LogP) is 4.10. The number of nitrogens with zero attached hydrogens (tertiary/aromatic N) is 3. The smallest absolute Gasteiger partial charge is 0.243 e. The summed E-state index contributed by atoms with van der Waals surface area (Å²) in [5.41, 5.74) is 1.49. The fraction of sp³-hybridized carbons (Fsp3) is 0.348. The number of likely N-dealkylation sites (N-methyl/N-ethyl adjacent to an activating group) is 1. The maximum absolute atomic E-state index is 13.0. The first-order valence-electron chi connectivity index (χ1n) is 10.7. The lowest BCUT2D eigenvalue weighted by Crippen LogP contribution is -2.37. The Kier molecular flexibility index (Phi) is 8.29. The minimum Gasteiger partial charge on any atom is -0.495 e. The van der Waals surface area contributed by atoms with Gasteiger partial charge in [-0.15, -0.1) is 0 Å². The van der Waals surface area contributed by atoms with Crippen molar-refractivity contribution in [3.63, 3.8) is 0 Å². The number of methoxy groups -OCH3 is 1. The van der Waals surface area contributed by atoms with E-state index in [1.807, 2.05) is 26.0 Å². The summed E-state index contributed by atoms with van der Waals surface area (Å²) >= 11 is 6.07. The molecule has 0 aliphatic carbocycles. The van der Waals surface area contributed by atoms with Crippen LogP contribution in [0.1, 0.15) is 44.0 Å². The molecule has 1 aromatic heterocycles. The van der Waals surface area contributed by atoms with Crippen molar-refractivity contribution in [3.05, 3.63) is 64.8 Å². The van der Waals surface area contributed by atoms with Gasteiger partial charge in [0.2, 0.25) is 21.8 Å². The number of halogens is 1. The average Bonchev–Trinajstić information content (AvgIpc) is 3.27. The maximum Gasteiger partial charge on any atom is 0.243 e. The van der Waals surface area contributed by atoms with E-state index in [1.165, 1.54) is 25.3 Å². The molecule has 0 aliphatic rings. The van der Waals surface area contributed by atoms with Gasteiger partial charge in [-0.25, -0.2) is 8.42 Å². The summed E-state index contributed by atoms with van der Waals surface area (Å²) in [6.07, 6.45) is 0.497. The van der Waals surface area contributed by atoms with Crippen LogP contribution >= 0.6 is 11.6 Å². The van der Waals surface area contributed by atoms with Gasteiger partial charge < -0.3 is 14.6 Å². The van der Waals surface area contributed by atoms with Crippen LogP contribution in [0.5, 0.6) is 5.75 Å². The van der Waals surface area contributed by atoms with E-state index in [0.717, 1.165) is 9.87 Å². The highest BCUT2D eigenvalue weighted by molar-refractivity contribution is 7.89. The summed E-state index contributed by atoms with van der Waals surface area (Å²) in [6.45, 7) is 5.39. The molecule has 0 saturated carbocycles. The number of sulfonamides is 1. The summed E-state index contributed by atoms with van der Waals surface area (Å²) in [6, 6.07) is 11.3. The van der Waals surface area contributed by atoms with Crippen molar-refractivity contribution in [3.8, 4) is 5.75 Å². The van der Waals surface area contributed by atoms with Crippen molar-refractivity contribution in [1.29, 1.82) is 0 Å². The highest BCUT2D eigenvalue weighted by Crippen LogP contribution is 2.28. The summed E-state index contributed by atoms with van der Waals surface area (Å²) in [4.78, 5) is 16.9. The first-order chi connectivity index (χ1) is 16.1. The van der Waals surface area contributed by atoms with Crippen molar-refractivity contribution in [2.45, 2.75) is 38.0 Å². The quantitative estimate of drug-likeness (QED) is 0.440. The number of hydrogen-bond acceptors (Lipinski definition) is 7. The van der Waals surface area contributed by atoms with E-state index in [-0.39, 0.29) is 28.9 Å². The summed E-state index contributed by atoms with van der Waals surface area (Å²) in [7, 11) is -2.48. The van der Waals surface area contributed by atoms with Gasteiger partial charge in [0.1, 0.15) is 5.75 Å². The number of anilines is 1. The number of amides is 1. The van der Waals surface area contributed by atoms with Crippen LogP contribution in [-0.4, -0.2) is 49.0 Å². The minimum atomic E-state index is -3.92. The van der Waals surface area contributed by atoms with E-state index < -0.39 is 15.9 Å². The molecule has 0 bridgehead atoms. The number of carbonyl (C=O) groups is 1. The number of ether oxygens (including phenoxy) is 1. The van der Waals surface area contributed by atoms with Gasteiger partial charge in [-0.3, -0.25) is 4.79 Å². The van der Waals surface area contributed by atoms with Gasteiger partial charge in [0.25, 0.3) is 0 Å². The van der Waals surface area contributed by atoms with Crippen molar-refractivity contribution in [1.82, 2.24) is 14.4 Å². The molecule has 9 nitrogen and oxygen atoms in total. The van der Waals surface area contributed by atoms with Gasteiger partial charge in [0.05, 0.1) is 23.6 Å². The third-order valence-electron chi connectivity index (χ3n) is 5.01. The van der Waals surface area contributed by atoms with E-state index >= 15 is 0 Å². The van der Waals surface area contributed by atoms with Crippen LogP contribution in [0.3, 0.4) is 0 Å². The number of benzene rings is 2. The van der Waals surface area contributed by atoms with E-state index in [0.29, 0.717) is 29.6 Å². The fourth-order valence-electron chi connectivity index (χ4n) is 3.15. The Hall–Kier alpha value is -2.95. The Balaban J connectivity index is 1.63. The Morgan fingerprint density at radius 1 is 1.21 bits per heavy atom. The molecule has 3 aromatic rings. The molecule has 182 valence electrons. The van der Waals surface area contributed by atoms with Crippen LogP contribution in [-0.2, 0) is 21.2 Å². The number of hydrogen-bond donors (Lipinski definition) is 1. The van der Waals surface area contributed by atoms with Gasteiger partial charge in [-0.1, -0.05) is 49.7 Å². The van der Waals surface area contributed by atoms with Gasteiger partial charge in [0, 0.05) is 24.6 Å². The largest absolute Gasteiger partial charge is 0.495 e. The molecule has 2 aromatic carbocycles. The van der Waals surface area contributed by atoms with E-state index in [9.17, 15) is 13.2 Å². The lowest BCUT2D eigenvalue weighted by Gasteiger charge is -2.20. The first kappa shape index (κ1) is 25.7. The molecule has 0 saturated heterocycles. The molecule has 1 amide bonds. The maximum atomic E-state index is 13.0. The molecule has 0 unspecified atom stereocenters. The molecule has 1 heterocycles. The predicted molar refractivity (Wildman–Crippen MR) is 129 cm³/mol. The van der Waals surface area contributed by atoms with Crippen LogP contribution in [0.2, 0.25) is 5.02 Å². The summed E-state index contributed by atoms with van der Waals surface area (Å²) in [5.74, 6) is 1.24. The molecule has 11 heteroatoms. The molecule has 0 radical (unpaired) electrons. The zero-order valence-electron chi connectivity index (χ0n) is 19.4. The van der Waals surface area contributed by atoms with E-state index in [1.54, 1.807) is 19.1 Å². The second-order valence-electron chi connectivity index (χ2n) is 7.85. The normalized spacial score (nSPS) is 11.7. The van der Waals surface area contributed by atoms with Crippen LogP contribution in [0, 0.1) is 0 Å². The summed E-state index contributed by atoms with van der Waals surface area (Å²) in [5, 5.41) is 6.88. The number of nitrogens with one attached hydrogen (secondary N) is 1. The SMILES string of the molecule is CCN(CC(=O)Nc1ccc(Cc2noc(C(C)C)n2)cc1)S(=O)(=O)c1ccc(OC)c(Cl)c1. The molecule has 0 aliphatic heterocycles. The van der Waals surface area contributed by atoms with Crippen LogP contribution in [0.4, 0.5) is 5.69 Å². The molecule has 34 heavy (non-hydrogen) atoms. The van der Waals surface area contributed by atoms with Crippen LogP contribution in [0.15, 0.2) is 51.9 Å². The van der Waals surface area contributed by atoms with Gasteiger partial charge >= 0.3 is 0 Å². The Labute approximate surface area is 204 Å². The Morgan fingerprint density at radius 2 is 1.91 bits per heavy atom. The second kappa shape index (κ2) is 11.0. The zero-order chi connectivity index (χ0) is 24.9. The van der Waals surface area contributed by atoms with Crippen LogP contribution < -0.4 is 10.1 Å². The lowest BCUT2D eigenvalue weighted by atomic mass is 10.1. The van der Waals surface area contributed by atoms with Crippen molar-refractivity contribution in [2.24, 2.45) is 0 Å². The highest BCUT2D eigenvalue weighted by atomic mass is 35.5. The van der Waals surface area contributed by atoms with Gasteiger partial charge in [-0.2, -0.15) is 9.29 Å². The Morgan fingerprint density at radius 3 is 2.47 bits per heavy atom. The molecule has 3 rings (SSSR count). The lowest BCUT2D eigenvalue weighted by molar-refractivity contribution is -0.116. The third kappa shape index (κ3) is 6.13. The topological polar surface area (TPSA) is 115 Å². The fourth-order valence-corrected chi connectivity index (χ4v) is 4.90. The molecule has 0 spiro atoms. The number of aromatic nitrogens is 2. The second-order valence-corrected chi connectivity index (χ2v) is 10.2. The monoisotopic (exact) mass is 506 g/mol. The average molecular weight is 507 g/mol. The minimum absolute atomic E-state index is 0.0145. The first-order valence-corrected chi connectivity index (χ1v) is 12.5. The molecule has 1 N–H and O–H groups in total. The van der Waals surface area contributed by atoms with E-state index in [2.05, 4.69) is 15.5 Å². The van der Waals surface area contributed by atoms with Crippen molar-refractivity contribution >= 4 is 33.2 Å². The van der Waals surface area contributed by atoms with Crippen molar-refractivity contribution in [2.75, 3.05) is 25.5 Å². The highest BCUT2D eigenvalue weighted by Gasteiger charge is 2.26. The van der Waals surface area contributed by atoms with E-state index in [4.69, 9.17) is 20.9 Å². The molecule has 0 atom stereocenters. The Bertz CT molecular complexity index is 1240. The molecule has 0 fully saturated rings. The molecular formula is C23H27ClN4O5S. The zero-order valence-corrected chi connectivity index (χ0v) is 21.0. The van der Waals surface area contributed by atoms with Crippen molar-refractivity contribution < 1.29 is 22.5 Å². The standard InChI is InChI=1S/C23H27ClN4O5S/c1-5-28(34(30,31)18-10-11-20(32-4)19(24)13-18)14-22(29)25-17-8-6-16(7-9-17)12-21-26-23(15(2)3)33-27-21/h6-11,13,15H,5,12,14H2,1-4H3,(H,25,29). The molecular weight excluding hydrogens is 480 g/mol. The van der Waals surface area contributed by atoms with Gasteiger partial charge in [0.15, 0.2) is 5.82 Å². The van der Waals surface area contributed by atoms with Crippen LogP contribution in [0.25, 0.3) is 0 Å². The van der Waals surface area contributed by atoms with Gasteiger partial charge in [-0.05, 0) is 35.9 Å². The summed E-state index contributed by atoms with van der Waals surface area (Å²) < 4.78 is 37.3. The third-order valence-corrected chi connectivity index (χ3v) is 7.22. The number of carbonyl (C=O) groups excluding carboxylic acids is 1. The number of rotatable bonds is 10.